The lowest BCUT2D eigenvalue weighted by Gasteiger charge is -2.35. The summed E-state index contributed by atoms with van der Waals surface area (Å²) < 4.78 is 5.57. The average Bonchev–Trinajstić information content (AvgIpc) is 2.64. The standard InChI is InChI=1S/C24H27NO2/c1-5-16-24(18-25,20-14-10-7-11-15-20)21(19-12-8-6-9-13-19)17-22(26)27-23(2,3)4/h5-15,21H,1,16-17H2,2-4H3/t21-,24-/m1/s1. The van der Waals surface area contributed by atoms with Crippen molar-refractivity contribution in [3.05, 3.63) is 84.4 Å². The molecule has 0 spiro atoms. The van der Waals surface area contributed by atoms with Crippen molar-refractivity contribution in [2.75, 3.05) is 0 Å². The zero-order valence-electron chi connectivity index (χ0n) is 16.3. The maximum absolute atomic E-state index is 12.7. The molecule has 0 radical (unpaired) electrons. The molecule has 0 unspecified atom stereocenters. The van der Waals surface area contributed by atoms with Gasteiger partial charge in [-0.1, -0.05) is 66.7 Å². The van der Waals surface area contributed by atoms with E-state index in [4.69, 9.17) is 4.74 Å². The van der Waals surface area contributed by atoms with E-state index in [9.17, 15) is 10.1 Å². The van der Waals surface area contributed by atoms with Crippen molar-refractivity contribution in [2.45, 2.75) is 50.5 Å². The van der Waals surface area contributed by atoms with Crippen molar-refractivity contribution in [2.24, 2.45) is 0 Å². The molecular formula is C24H27NO2. The first-order valence-corrected chi connectivity index (χ1v) is 9.17. The van der Waals surface area contributed by atoms with Gasteiger partial charge in [-0.3, -0.25) is 4.79 Å². The minimum atomic E-state index is -0.902. The maximum Gasteiger partial charge on any atom is 0.306 e. The van der Waals surface area contributed by atoms with Crippen molar-refractivity contribution in [1.29, 1.82) is 5.26 Å². The van der Waals surface area contributed by atoms with Crippen LogP contribution in [0.25, 0.3) is 0 Å². The molecule has 2 atom stereocenters. The van der Waals surface area contributed by atoms with Gasteiger partial charge in [0, 0.05) is 5.92 Å². The van der Waals surface area contributed by atoms with Crippen LogP contribution in [0.15, 0.2) is 73.3 Å². The molecule has 0 aliphatic heterocycles. The quantitative estimate of drug-likeness (QED) is 0.480. The van der Waals surface area contributed by atoms with Gasteiger partial charge in [-0.25, -0.2) is 0 Å². The highest BCUT2D eigenvalue weighted by molar-refractivity contribution is 5.72. The van der Waals surface area contributed by atoms with Gasteiger partial charge in [0.1, 0.15) is 5.60 Å². The fraction of sp³-hybridized carbons (Fsp3) is 0.333. The van der Waals surface area contributed by atoms with E-state index in [1.807, 2.05) is 81.4 Å². The number of nitrogens with zero attached hydrogens (tertiary/aromatic N) is 1. The van der Waals surface area contributed by atoms with Crippen molar-refractivity contribution in [3.63, 3.8) is 0 Å². The fourth-order valence-corrected chi connectivity index (χ4v) is 3.42. The lowest BCUT2D eigenvalue weighted by atomic mass is 9.65. The Balaban J connectivity index is 2.56. The lowest BCUT2D eigenvalue weighted by Crippen LogP contribution is -2.35. The van der Waals surface area contributed by atoms with Gasteiger partial charge >= 0.3 is 5.97 Å². The molecule has 0 heterocycles. The minimum Gasteiger partial charge on any atom is -0.460 e. The van der Waals surface area contributed by atoms with Gasteiger partial charge in [0.2, 0.25) is 0 Å². The van der Waals surface area contributed by atoms with E-state index in [0.29, 0.717) is 6.42 Å². The second kappa shape index (κ2) is 8.68. The van der Waals surface area contributed by atoms with Crippen LogP contribution in [0, 0.1) is 11.3 Å². The predicted octanol–water partition coefficient (Wildman–Crippen LogP) is 5.54. The molecule has 0 aliphatic rings. The first-order chi connectivity index (χ1) is 12.8. The van der Waals surface area contributed by atoms with Gasteiger partial charge in [-0.15, -0.1) is 6.58 Å². The normalized spacial score (nSPS) is 14.4. The molecule has 140 valence electrons. The highest BCUT2D eigenvalue weighted by Crippen LogP contribution is 2.44. The second-order valence-electron chi connectivity index (χ2n) is 7.70. The highest BCUT2D eigenvalue weighted by Gasteiger charge is 2.42. The molecule has 2 aromatic carbocycles. The van der Waals surface area contributed by atoms with Gasteiger partial charge in [0.15, 0.2) is 0 Å². The third-order valence-electron chi connectivity index (χ3n) is 4.54. The SMILES string of the molecule is C=CC[C@@](C#N)(c1ccccc1)[C@H](CC(=O)OC(C)(C)C)c1ccccc1. The molecule has 0 saturated heterocycles. The van der Waals surface area contributed by atoms with Crippen LogP contribution in [0.5, 0.6) is 0 Å². The summed E-state index contributed by atoms with van der Waals surface area (Å²) in [7, 11) is 0. The Hall–Kier alpha value is -2.86. The number of benzene rings is 2. The lowest BCUT2D eigenvalue weighted by molar-refractivity contribution is -0.155. The van der Waals surface area contributed by atoms with Crippen molar-refractivity contribution in [3.8, 4) is 6.07 Å². The number of carbonyl (C=O) groups is 1. The first-order valence-electron chi connectivity index (χ1n) is 9.17. The Morgan fingerprint density at radius 3 is 2.15 bits per heavy atom. The Labute approximate surface area is 162 Å². The summed E-state index contributed by atoms with van der Waals surface area (Å²) in [6.07, 6.45) is 2.31. The maximum atomic E-state index is 12.7. The zero-order valence-corrected chi connectivity index (χ0v) is 16.3. The monoisotopic (exact) mass is 361 g/mol. The summed E-state index contributed by atoms with van der Waals surface area (Å²) >= 11 is 0. The van der Waals surface area contributed by atoms with Crippen molar-refractivity contribution < 1.29 is 9.53 Å². The van der Waals surface area contributed by atoms with Gasteiger partial charge in [-0.2, -0.15) is 5.26 Å². The van der Waals surface area contributed by atoms with E-state index >= 15 is 0 Å². The molecule has 0 fully saturated rings. The van der Waals surface area contributed by atoms with Crippen molar-refractivity contribution in [1.82, 2.24) is 0 Å². The Morgan fingerprint density at radius 2 is 1.67 bits per heavy atom. The van der Waals surface area contributed by atoms with E-state index in [2.05, 4.69) is 12.6 Å². The van der Waals surface area contributed by atoms with E-state index in [-0.39, 0.29) is 18.3 Å². The number of esters is 1. The molecule has 2 aromatic rings. The Morgan fingerprint density at radius 1 is 1.11 bits per heavy atom. The fourth-order valence-electron chi connectivity index (χ4n) is 3.42. The van der Waals surface area contributed by atoms with Crippen LogP contribution >= 0.6 is 0 Å². The average molecular weight is 361 g/mol. The molecule has 2 rings (SSSR count). The predicted molar refractivity (Wildman–Crippen MR) is 108 cm³/mol. The van der Waals surface area contributed by atoms with E-state index in [1.54, 1.807) is 6.08 Å². The van der Waals surface area contributed by atoms with Crippen LogP contribution in [0.4, 0.5) is 0 Å². The molecular weight excluding hydrogens is 334 g/mol. The van der Waals surface area contributed by atoms with Crippen LogP contribution in [-0.2, 0) is 14.9 Å². The molecule has 0 bridgehead atoms. The molecule has 0 aromatic heterocycles. The van der Waals surface area contributed by atoms with Crippen LogP contribution in [0.1, 0.15) is 50.7 Å². The molecule has 27 heavy (non-hydrogen) atoms. The van der Waals surface area contributed by atoms with Crippen LogP contribution in [0.2, 0.25) is 0 Å². The van der Waals surface area contributed by atoms with Crippen LogP contribution in [0.3, 0.4) is 0 Å². The van der Waals surface area contributed by atoms with Gasteiger partial charge in [-0.05, 0) is 38.3 Å². The van der Waals surface area contributed by atoms with E-state index in [1.165, 1.54) is 0 Å². The summed E-state index contributed by atoms with van der Waals surface area (Å²) in [6, 6.07) is 21.9. The number of carbonyl (C=O) groups excluding carboxylic acids is 1. The third-order valence-corrected chi connectivity index (χ3v) is 4.54. The number of hydrogen-bond donors (Lipinski definition) is 0. The summed E-state index contributed by atoms with van der Waals surface area (Å²) in [6.45, 7) is 9.41. The van der Waals surface area contributed by atoms with E-state index in [0.717, 1.165) is 11.1 Å². The number of rotatable bonds is 7. The molecule has 0 aliphatic carbocycles. The topological polar surface area (TPSA) is 50.1 Å². The van der Waals surface area contributed by atoms with Crippen molar-refractivity contribution >= 4 is 5.97 Å². The summed E-state index contributed by atoms with van der Waals surface area (Å²) in [5, 5.41) is 10.3. The number of ether oxygens (including phenoxy) is 1. The molecule has 0 amide bonds. The molecule has 3 heteroatoms. The van der Waals surface area contributed by atoms with Gasteiger partial charge in [0.05, 0.1) is 17.9 Å². The van der Waals surface area contributed by atoms with Crippen LogP contribution in [-0.4, -0.2) is 11.6 Å². The Bertz CT molecular complexity index is 800. The molecule has 0 N–H and O–H groups in total. The molecule has 3 nitrogen and oxygen atoms in total. The minimum absolute atomic E-state index is 0.123. The number of hydrogen-bond acceptors (Lipinski definition) is 3. The summed E-state index contributed by atoms with van der Waals surface area (Å²) in [4.78, 5) is 12.7. The molecule has 0 saturated carbocycles. The third kappa shape index (κ3) is 5.08. The van der Waals surface area contributed by atoms with E-state index < -0.39 is 11.0 Å². The largest absolute Gasteiger partial charge is 0.460 e. The Kier molecular flexibility index (Phi) is 6.58. The first kappa shape index (κ1) is 20.5. The zero-order chi connectivity index (χ0) is 19.9. The number of nitriles is 1. The second-order valence-corrected chi connectivity index (χ2v) is 7.70. The van der Waals surface area contributed by atoms with Gasteiger partial charge < -0.3 is 4.74 Å². The van der Waals surface area contributed by atoms with Crippen LogP contribution < -0.4 is 0 Å². The smallest absolute Gasteiger partial charge is 0.306 e. The highest BCUT2D eigenvalue weighted by atomic mass is 16.6. The number of allylic oxidation sites excluding steroid dienone is 1. The van der Waals surface area contributed by atoms with Gasteiger partial charge in [0.25, 0.3) is 0 Å². The summed E-state index contributed by atoms with van der Waals surface area (Å²) in [5.74, 6) is -0.657. The summed E-state index contributed by atoms with van der Waals surface area (Å²) in [5.41, 5.74) is 0.348.